The maximum absolute atomic E-state index is 3.37. The van der Waals surface area contributed by atoms with Crippen molar-refractivity contribution in [1.29, 1.82) is 0 Å². The molecule has 0 radical (unpaired) electrons. The highest BCUT2D eigenvalue weighted by Gasteiger charge is 2.14. The molecule has 0 aromatic heterocycles. The number of benzene rings is 2. The number of rotatable bonds is 5. The first kappa shape index (κ1) is 15.7. The van der Waals surface area contributed by atoms with Gasteiger partial charge in [0.25, 0.3) is 0 Å². The Morgan fingerprint density at radius 2 is 1.70 bits per heavy atom. The standard InChI is InChI=1S/C22H25N/c1-3-18(2)9-8-16-23-17-21-12-5-4-10-19(21)14-15-20-11-6-7-13-22(20)23/h4-7,10-13,18H,3,8-9,16-17H2,1-2H3. The molecule has 23 heavy (non-hydrogen) atoms. The third kappa shape index (κ3) is 3.77. The molecular formula is C22H25N. The van der Waals surface area contributed by atoms with Gasteiger partial charge in [-0.1, -0.05) is 62.4 Å². The monoisotopic (exact) mass is 303 g/mol. The maximum atomic E-state index is 3.37. The van der Waals surface area contributed by atoms with Crippen molar-refractivity contribution in [2.24, 2.45) is 5.92 Å². The molecule has 1 heterocycles. The highest BCUT2D eigenvalue weighted by molar-refractivity contribution is 5.64. The van der Waals surface area contributed by atoms with Gasteiger partial charge in [0.05, 0.1) is 5.69 Å². The van der Waals surface area contributed by atoms with Crippen LogP contribution in [0.25, 0.3) is 0 Å². The van der Waals surface area contributed by atoms with Gasteiger partial charge in [-0.05, 0) is 42.5 Å². The van der Waals surface area contributed by atoms with Crippen LogP contribution in [-0.4, -0.2) is 6.54 Å². The molecule has 1 nitrogen and oxygen atoms in total. The molecule has 2 aromatic carbocycles. The summed E-state index contributed by atoms with van der Waals surface area (Å²) in [4.78, 5) is 2.50. The van der Waals surface area contributed by atoms with Gasteiger partial charge in [-0.25, -0.2) is 0 Å². The summed E-state index contributed by atoms with van der Waals surface area (Å²) in [6.07, 6.45) is 3.80. The van der Waals surface area contributed by atoms with Crippen molar-refractivity contribution in [3.05, 3.63) is 65.2 Å². The lowest BCUT2D eigenvalue weighted by Gasteiger charge is -2.28. The fourth-order valence-corrected chi connectivity index (χ4v) is 3.09. The number of anilines is 1. The second kappa shape index (κ2) is 7.38. The van der Waals surface area contributed by atoms with Crippen LogP contribution in [0.4, 0.5) is 5.69 Å². The van der Waals surface area contributed by atoms with Crippen LogP contribution in [0.3, 0.4) is 0 Å². The second-order valence-corrected chi connectivity index (χ2v) is 6.50. The van der Waals surface area contributed by atoms with Gasteiger partial charge in [0, 0.05) is 24.2 Å². The molecule has 0 saturated carbocycles. The molecule has 1 unspecified atom stereocenters. The van der Waals surface area contributed by atoms with E-state index < -0.39 is 0 Å². The van der Waals surface area contributed by atoms with Gasteiger partial charge in [0.15, 0.2) is 0 Å². The average molecular weight is 303 g/mol. The first-order chi connectivity index (χ1) is 11.3. The number of hydrogen-bond donors (Lipinski definition) is 0. The van der Waals surface area contributed by atoms with Crippen LogP contribution >= 0.6 is 0 Å². The molecular weight excluding hydrogens is 278 g/mol. The number of nitrogens with zero attached hydrogens (tertiary/aromatic N) is 1. The molecule has 3 rings (SSSR count). The first-order valence-corrected chi connectivity index (χ1v) is 8.72. The van der Waals surface area contributed by atoms with E-state index in [1.54, 1.807) is 0 Å². The molecule has 1 aliphatic rings. The van der Waals surface area contributed by atoms with E-state index in [1.807, 2.05) is 0 Å². The number of para-hydroxylation sites is 1. The number of fused-ring (bicyclic) bond motifs is 2. The summed E-state index contributed by atoms with van der Waals surface area (Å²) in [7, 11) is 0. The Balaban J connectivity index is 1.88. The Labute approximate surface area is 140 Å². The van der Waals surface area contributed by atoms with E-state index in [0.29, 0.717) is 0 Å². The van der Waals surface area contributed by atoms with E-state index in [2.05, 4.69) is 79.1 Å². The molecule has 0 aliphatic carbocycles. The lowest BCUT2D eigenvalue weighted by atomic mass is 10.0. The zero-order valence-electron chi connectivity index (χ0n) is 14.2. The predicted octanol–water partition coefficient (Wildman–Crippen LogP) is 5.23. The SMILES string of the molecule is CCC(C)CCCN1Cc2ccccc2C#Cc2ccccc21. The van der Waals surface area contributed by atoms with Crippen molar-refractivity contribution in [1.82, 2.24) is 0 Å². The molecule has 0 amide bonds. The van der Waals surface area contributed by atoms with Crippen molar-refractivity contribution in [2.45, 2.75) is 39.7 Å². The van der Waals surface area contributed by atoms with Gasteiger partial charge in [-0.2, -0.15) is 0 Å². The summed E-state index contributed by atoms with van der Waals surface area (Å²) in [5.74, 6) is 7.53. The summed E-state index contributed by atoms with van der Waals surface area (Å²) < 4.78 is 0. The lowest BCUT2D eigenvalue weighted by Crippen LogP contribution is -2.26. The fraction of sp³-hybridized carbons (Fsp3) is 0.364. The normalized spacial score (nSPS) is 13.9. The number of hydrogen-bond acceptors (Lipinski definition) is 1. The summed E-state index contributed by atoms with van der Waals surface area (Å²) in [6.45, 7) is 6.67. The van der Waals surface area contributed by atoms with Crippen molar-refractivity contribution in [3.8, 4) is 11.8 Å². The second-order valence-electron chi connectivity index (χ2n) is 6.50. The average Bonchev–Trinajstić information content (AvgIpc) is 2.58. The van der Waals surface area contributed by atoms with Gasteiger partial charge in [0.1, 0.15) is 0 Å². The Morgan fingerprint density at radius 3 is 2.52 bits per heavy atom. The van der Waals surface area contributed by atoms with Crippen LogP contribution in [0.2, 0.25) is 0 Å². The zero-order chi connectivity index (χ0) is 16.1. The molecule has 1 heteroatoms. The molecule has 0 bridgehead atoms. The third-order valence-electron chi connectivity index (χ3n) is 4.78. The Kier molecular flexibility index (Phi) is 5.03. The summed E-state index contributed by atoms with van der Waals surface area (Å²) in [6, 6.07) is 17.1. The van der Waals surface area contributed by atoms with Crippen molar-refractivity contribution in [2.75, 3.05) is 11.4 Å². The Bertz CT molecular complexity index is 720. The first-order valence-electron chi connectivity index (χ1n) is 8.72. The zero-order valence-corrected chi connectivity index (χ0v) is 14.2. The van der Waals surface area contributed by atoms with Crippen molar-refractivity contribution in [3.63, 3.8) is 0 Å². The van der Waals surface area contributed by atoms with E-state index in [0.717, 1.165) is 30.1 Å². The summed E-state index contributed by atoms with van der Waals surface area (Å²) in [5, 5.41) is 0. The molecule has 0 N–H and O–H groups in total. The van der Waals surface area contributed by atoms with Gasteiger partial charge in [-0.15, -0.1) is 0 Å². The highest BCUT2D eigenvalue weighted by atomic mass is 15.1. The highest BCUT2D eigenvalue weighted by Crippen LogP contribution is 2.26. The van der Waals surface area contributed by atoms with Crippen LogP contribution in [0.15, 0.2) is 48.5 Å². The van der Waals surface area contributed by atoms with Crippen LogP contribution in [0, 0.1) is 17.8 Å². The van der Waals surface area contributed by atoms with E-state index in [9.17, 15) is 0 Å². The smallest absolute Gasteiger partial charge is 0.0528 e. The molecule has 0 spiro atoms. The van der Waals surface area contributed by atoms with Crippen LogP contribution in [-0.2, 0) is 6.54 Å². The molecule has 1 aliphatic heterocycles. The third-order valence-corrected chi connectivity index (χ3v) is 4.78. The molecule has 118 valence electrons. The van der Waals surface area contributed by atoms with Gasteiger partial charge >= 0.3 is 0 Å². The maximum Gasteiger partial charge on any atom is 0.0528 e. The fourth-order valence-electron chi connectivity index (χ4n) is 3.09. The van der Waals surface area contributed by atoms with Gasteiger partial charge in [0.2, 0.25) is 0 Å². The quantitative estimate of drug-likeness (QED) is 0.683. The molecule has 1 atom stereocenters. The van der Waals surface area contributed by atoms with E-state index in [1.165, 1.54) is 30.5 Å². The molecule has 0 fully saturated rings. The molecule has 0 saturated heterocycles. The largest absolute Gasteiger partial charge is 0.366 e. The summed E-state index contributed by atoms with van der Waals surface area (Å²) in [5.41, 5.74) is 4.91. The predicted molar refractivity (Wildman–Crippen MR) is 98.6 cm³/mol. The Hall–Kier alpha value is -2.20. The van der Waals surface area contributed by atoms with Crippen LogP contribution < -0.4 is 4.90 Å². The van der Waals surface area contributed by atoms with E-state index >= 15 is 0 Å². The van der Waals surface area contributed by atoms with Crippen molar-refractivity contribution < 1.29 is 0 Å². The summed E-state index contributed by atoms with van der Waals surface area (Å²) >= 11 is 0. The van der Waals surface area contributed by atoms with Crippen LogP contribution in [0.1, 0.15) is 49.8 Å². The van der Waals surface area contributed by atoms with Crippen molar-refractivity contribution >= 4 is 5.69 Å². The minimum absolute atomic E-state index is 0.812. The topological polar surface area (TPSA) is 3.24 Å². The van der Waals surface area contributed by atoms with Gasteiger partial charge < -0.3 is 4.90 Å². The lowest BCUT2D eigenvalue weighted by molar-refractivity contribution is 0.493. The minimum Gasteiger partial charge on any atom is -0.366 e. The molecule has 2 aromatic rings. The van der Waals surface area contributed by atoms with E-state index in [4.69, 9.17) is 0 Å². The van der Waals surface area contributed by atoms with Crippen LogP contribution in [0.5, 0.6) is 0 Å². The van der Waals surface area contributed by atoms with E-state index in [-0.39, 0.29) is 0 Å². The Morgan fingerprint density at radius 1 is 1.00 bits per heavy atom. The minimum atomic E-state index is 0.812. The van der Waals surface area contributed by atoms with Gasteiger partial charge in [-0.3, -0.25) is 0 Å².